The summed E-state index contributed by atoms with van der Waals surface area (Å²) in [5.41, 5.74) is 5.80. The Morgan fingerprint density at radius 1 is 1.25 bits per heavy atom. The first-order valence-corrected chi connectivity index (χ1v) is 4.88. The Morgan fingerprint density at radius 2 is 2.06 bits per heavy atom. The molecule has 2 rings (SSSR count). The second-order valence-corrected chi connectivity index (χ2v) is 3.51. The summed E-state index contributed by atoms with van der Waals surface area (Å²) >= 11 is 5.66. The summed E-state index contributed by atoms with van der Waals surface area (Å²) in [6.45, 7) is 0. The monoisotopic (exact) mass is 238 g/mol. The minimum absolute atomic E-state index is 0.0303. The summed E-state index contributed by atoms with van der Waals surface area (Å²) in [4.78, 5) is 3.88. The fourth-order valence-electron chi connectivity index (χ4n) is 1.16. The molecule has 3 nitrogen and oxygen atoms in total. The molecule has 82 valence electrons. The quantitative estimate of drug-likeness (QED) is 0.817. The molecule has 0 aliphatic carbocycles. The lowest BCUT2D eigenvalue weighted by Crippen LogP contribution is -1.96. The highest BCUT2D eigenvalue weighted by Gasteiger charge is 2.08. The van der Waals surface area contributed by atoms with Crippen LogP contribution in [0.5, 0.6) is 11.6 Å². The number of aromatic nitrogens is 1. The molecule has 0 saturated carbocycles. The molecule has 2 N–H and O–H groups in total. The van der Waals surface area contributed by atoms with Crippen LogP contribution in [0, 0.1) is 5.82 Å². The van der Waals surface area contributed by atoms with Crippen LogP contribution in [0.25, 0.3) is 0 Å². The number of hydrogen-bond donors (Lipinski definition) is 1. The van der Waals surface area contributed by atoms with E-state index in [9.17, 15) is 4.39 Å². The highest BCUT2D eigenvalue weighted by molar-refractivity contribution is 6.30. The lowest BCUT2D eigenvalue weighted by atomic mass is 10.3. The van der Waals surface area contributed by atoms with Gasteiger partial charge in [-0.25, -0.2) is 9.37 Å². The zero-order chi connectivity index (χ0) is 11.5. The second kappa shape index (κ2) is 4.37. The summed E-state index contributed by atoms with van der Waals surface area (Å²) in [6.07, 6.45) is 1.41. The molecule has 0 radical (unpaired) electrons. The molecular weight excluding hydrogens is 231 g/mol. The Hall–Kier alpha value is -1.81. The van der Waals surface area contributed by atoms with Crippen LogP contribution in [0.4, 0.5) is 10.1 Å². The molecule has 1 aromatic heterocycles. The predicted octanol–water partition coefficient (Wildman–Crippen LogP) is 3.25. The zero-order valence-electron chi connectivity index (χ0n) is 8.15. The number of para-hydroxylation sites is 1. The van der Waals surface area contributed by atoms with Crippen molar-refractivity contribution in [3.63, 3.8) is 0 Å². The van der Waals surface area contributed by atoms with Gasteiger partial charge in [0.15, 0.2) is 11.6 Å². The number of nitrogens with zero attached hydrogens (tertiary/aromatic N) is 1. The summed E-state index contributed by atoms with van der Waals surface area (Å²) in [5.74, 6) is -0.324. The summed E-state index contributed by atoms with van der Waals surface area (Å²) in [6, 6.07) is 7.46. The normalized spacial score (nSPS) is 10.1. The number of hydrogen-bond acceptors (Lipinski definition) is 3. The highest BCUT2D eigenvalue weighted by Crippen LogP contribution is 2.29. The minimum atomic E-state index is -0.531. The van der Waals surface area contributed by atoms with Crippen molar-refractivity contribution >= 4 is 17.3 Å². The third-order valence-corrected chi connectivity index (χ3v) is 2.13. The van der Waals surface area contributed by atoms with Gasteiger partial charge < -0.3 is 10.5 Å². The van der Waals surface area contributed by atoms with Gasteiger partial charge in [-0.3, -0.25) is 0 Å². The van der Waals surface area contributed by atoms with E-state index in [1.54, 1.807) is 12.1 Å². The molecular formula is C11H8ClFN2O. The van der Waals surface area contributed by atoms with Crippen LogP contribution in [0.15, 0.2) is 36.5 Å². The maximum Gasteiger partial charge on any atom is 0.219 e. The molecule has 1 heterocycles. The van der Waals surface area contributed by atoms with E-state index in [-0.39, 0.29) is 17.3 Å². The molecule has 0 aliphatic heterocycles. The molecule has 0 fully saturated rings. The van der Waals surface area contributed by atoms with E-state index >= 15 is 0 Å². The lowest BCUT2D eigenvalue weighted by molar-refractivity contribution is 0.430. The van der Waals surface area contributed by atoms with Crippen LogP contribution in [-0.2, 0) is 0 Å². The standard InChI is InChI=1S/C11H8ClFN2O/c12-7-4-5-10(15-6-7)16-11-8(13)2-1-3-9(11)14/h1-6H,14H2. The van der Waals surface area contributed by atoms with Crippen molar-refractivity contribution in [3.8, 4) is 11.6 Å². The van der Waals surface area contributed by atoms with Crippen LogP contribution >= 0.6 is 11.6 Å². The third kappa shape index (κ3) is 2.23. The van der Waals surface area contributed by atoms with Crippen molar-refractivity contribution in [2.75, 3.05) is 5.73 Å². The Labute approximate surface area is 96.6 Å². The van der Waals surface area contributed by atoms with Crippen molar-refractivity contribution < 1.29 is 9.13 Å². The molecule has 0 saturated heterocycles. The molecule has 0 aliphatic rings. The number of pyridine rings is 1. The number of ether oxygens (including phenoxy) is 1. The largest absolute Gasteiger partial charge is 0.434 e. The van der Waals surface area contributed by atoms with Gasteiger partial charge in [0.05, 0.1) is 10.7 Å². The molecule has 0 spiro atoms. The first-order chi connectivity index (χ1) is 7.66. The van der Waals surface area contributed by atoms with Gasteiger partial charge in [0.25, 0.3) is 0 Å². The number of rotatable bonds is 2. The number of nitrogens with two attached hydrogens (primary N) is 1. The average Bonchev–Trinajstić information content (AvgIpc) is 2.26. The minimum Gasteiger partial charge on any atom is -0.434 e. The fourth-order valence-corrected chi connectivity index (χ4v) is 1.27. The van der Waals surface area contributed by atoms with Crippen LogP contribution in [0.2, 0.25) is 5.02 Å². The van der Waals surface area contributed by atoms with Crippen molar-refractivity contribution in [3.05, 3.63) is 47.4 Å². The molecule has 0 amide bonds. The van der Waals surface area contributed by atoms with Crippen LogP contribution < -0.4 is 10.5 Å². The van der Waals surface area contributed by atoms with E-state index in [1.807, 2.05) is 0 Å². The predicted molar refractivity (Wildman–Crippen MR) is 60.1 cm³/mol. The topological polar surface area (TPSA) is 48.1 Å². The number of nitrogen functional groups attached to an aromatic ring is 1. The molecule has 0 atom stereocenters. The maximum absolute atomic E-state index is 13.4. The highest BCUT2D eigenvalue weighted by atomic mass is 35.5. The number of anilines is 1. The summed E-state index contributed by atoms with van der Waals surface area (Å²) in [7, 11) is 0. The maximum atomic E-state index is 13.4. The van der Waals surface area contributed by atoms with Gasteiger partial charge in [-0.05, 0) is 18.2 Å². The van der Waals surface area contributed by atoms with Crippen molar-refractivity contribution in [1.29, 1.82) is 0 Å². The molecule has 16 heavy (non-hydrogen) atoms. The van der Waals surface area contributed by atoms with Crippen molar-refractivity contribution in [1.82, 2.24) is 4.98 Å². The molecule has 0 unspecified atom stereocenters. The lowest BCUT2D eigenvalue weighted by Gasteiger charge is -2.07. The van der Waals surface area contributed by atoms with Gasteiger partial charge in [-0.15, -0.1) is 0 Å². The van der Waals surface area contributed by atoms with Crippen LogP contribution in [-0.4, -0.2) is 4.98 Å². The van der Waals surface area contributed by atoms with Gasteiger partial charge in [0.1, 0.15) is 0 Å². The molecule has 0 bridgehead atoms. The molecule has 2 aromatic rings. The van der Waals surface area contributed by atoms with Gasteiger partial charge in [0, 0.05) is 12.3 Å². The third-order valence-electron chi connectivity index (χ3n) is 1.90. The van der Waals surface area contributed by atoms with E-state index < -0.39 is 5.82 Å². The van der Waals surface area contributed by atoms with E-state index in [0.29, 0.717) is 5.02 Å². The zero-order valence-corrected chi connectivity index (χ0v) is 8.91. The number of halogens is 2. The van der Waals surface area contributed by atoms with Gasteiger partial charge in [-0.1, -0.05) is 17.7 Å². The molecule has 5 heteroatoms. The van der Waals surface area contributed by atoms with Crippen LogP contribution in [0.3, 0.4) is 0 Å². The van der Waals surface area contributed by atoms with Gasteiger partial charge >= 0.3 is 0 Å². The fraction of sp³-hybridized carbons (Fsp3) is 0. The second-order valence-electron chi connectivity index (χ2n) is 3.07. The molecule has 1 aromatic carbocycles. The van der Waals surface area contributed by atoms with E-state index in [1.165, 1.54) is 24.4 Å². The Bertz CT molecular complexity index is 482. The average molecular weight is 239 g/mol. The van der Waals surface area contributed by atoms with Crippen LogP contribution in [0.1, 0.15) is 0 Å². The van der Waals surface area contributed by atoms with Crippen molar-refractivity contribution in [2.24, 2.45) is 0 Å². The summed E-state index contributed by atoms with van der Waals surface area (Å²) in [5, 5.41) is 0.480. The Kier molecular flexibility index (Phi) is 2.92. The number of benzene rings is 1. The van der Waals surface area contributed by atoms with E-state index in [2.05, 4.69) is 4.98 Å². The van der Waals surface area contributed by atoms with Gasteiger partial charge in [-0.2, -0.15) is 0 Å². The SMILES string of the molecule is Nc1cccc(F)c1Oc1ccc(Cl)cn1. The first kappa shape index (κ1) is 10.7. The van der Waals surface area contributed by atoms with Gasteiger partial charge in [0.2, 0.25) is 5.88 Å². The summed E-state index contributed by atoms with van der Waals surface area (Å²) < 4.78 is 18.6. The van der Waals surface area contributed by atoms with E-state index in [0.717, 1.165) is 0 Å². The Morgan fingerprint density at radius 3 is 2.69 bits per heavy atom. The Balaban J connectivity index is 2.30. The first-order valence-electron chi connectivity index (χ1n) is 4.50. The smallest absolute Gasteiger partial charge is 0.219 e. The van der Waals surface area contributed by atoms with Crippen molar-refractivity contribution in [2.45, 2.75) is 0 Å². The van der Waals surface area contributed by atoms with E-state index in [4.69, 9.17) is 22.1 Å².